The van der Waals surface area contributed by atoms with Gasteiger partial charge in [0, 0.05) is 6.08 Å². The van der Waals surface area contributed by atoms with Gasteiger partial charge in [0.15, 0.2) is 0 Å². The summed E-state index contributed by atoms with van der Waals surface area (Å²) in [4.78, 5) is 11.2. The van der Waals surface area contributed by atoms with E-state index >= 15 is 0 Å². The number of rotatable bonds is 3. The zero-order valence-corrected chi connectivity index (χ0v) is 9.31. The van der Waals surface area contributed by atoms with E-state index < -0.39 is 0 Å². The lowest BCUT2D eigenvalue weighted by atomic mass is 10.1. The molecular weight excluding hydrogens is 164 g/mol. The van der Waals surface area contributed by atoms with E-state index in [4.69, 9.17) is 4.74 Å². The Bertz CT molecular complexity index is 197. The Kier molecular flexibility index (Phi) is 4.74. The molecule has 0 rings (SSSR count). The van der Waals surface area contributed by atoms with Crippen LogP contribution in [0.2, 0.25) is 0 Å². The van der Waals surface area contributed by atoms with Crippen molar-refractivity contribution in [2.75, 3.05) is 0 Å². The molecule has 0 spiro atoms. The zero-order valence-electron chi connectivity index (χ0n) is 9.31. The maximum absolute atomic E-state index is 11.2. The number of carbonyl (C=O) groups excluding carboxylic acids is 1. The third-order valence-corrected chi connectivity index (χ3v) is 1.42. The lowest BCUT2D eigenvalue weighted by Gasteiger charge is -2.18. The molecule has 76 valence electrons. The molecule has 0 atom stereocenters. The van der Waals surface area contributed by atoms with Gasteiger partial charge in [-0.2, -0.15) is 0 Å². The molecule has 0 aliphatic heterocycles. The van der Waals surface area contributed by atoms with Crippen LogP contribution in [-0.4, -0.2) is 11.6 Å². The van der Waals surface area contributed by atoms with E-state index in [1.54, 1.807) is 6.08 Å². The summed E-state index contributed by atoms with van der Waals surface area (Å²) in [6, 6.07) is 0. The molecule has 0 aliphatic rings. The van der Waals surface area contributed by atoms with Crippen LogP contribution in [0.15, 0.2) is 11.6 Å². The minimum absolute atomic E-state index is 0.238. The molecule has 0 saturated heterocycles. The minimum atomic E-state index is -0.389. The second kappa shape index (κ2) is 5.05. The topological polar surface area (TPSA) is 26.3 Å². The van der Waals surface area contributed by atoms with Crippen LogP contribution in [0.1, 0.15) is 47.5 Å². The van der Waals surface area contributed by atoms with Crippen molar-refractivity contribution >= 4 is 5.97 Å². The second-order valence-corrected chi connectivity index (χ2v) is 4.27. The largest absolute Gasteiger partial charge is 0.457 e. The average molecular weight is 184 g/mol. The Hall–Kier alpha value is -0.790. The molecule has 2 nitrogen and oxygen atoms in total. The monoisotopic (exact) mass is 184 g/mol. The summed E-state index contributed by atoms with van der Waals surface area (Å²) >= 11 is 0. The maximum atomic E-state index is 11.2. The van der Waals surface area contributed by atoms with E-state index in [1.807, 2.05) is 27.7 Å². The van der Waals surface area contributed by atoms with Crippen molar-refractivity contribution in [3.05, 3.63) is 11.6 Å². The molecule has 0 unspecified atom stereocenters. The molecule has 13 heavy (non-hydrogen) atoms. The molecule has 0 bridgehead atoms. The number of ether oxygens (including phenoxy) is 1. The number of carbonyl (C=O) groups is 1. The highest BCUT2D eigenvalue weighted by atomic mass is 16.6. The first kappa shape index (κ1) is 12.2. The second-order valence-electron chi connectivity index (χ2n) is 4.27. The van der Waals surface area contributed by atoms with Gasteiger partial charge in [0.05, 0.1) is 0 Å². The van der Waals surface area contributed by atoms with Crippen molar-refractivity contribution in [1.29, 1.82) is 0 Å². The summed E-state index contributed by atoms with van der Waals surface area (Å²) in [6.45, 7) is 9.65. The predicted octanol–water partition coefficient (Wildman–Crippen LogP) is 3.07. The Morgan fingerprint density at radius 1 is 1.38 bits per heavy atom. The van der Waals surface area contributed by atoms with Crippen LogP contribution in [0.4, 0.5) is 0 Å². The third-order valence-electron chi connectivity index (χ3n) is 1.42. The van der Waals surface area contributed by atoms with Gasteiger partial charge in [-0.05, 0) is 34.1 Å². The van der Waals surface area contributed by atoms with Gasteiger partial charge < -0.3 is 4.74 Å². The summed E-state index contributed by atoms with van der Waals surface area (Å²) in [5.74, 6) is -0.238. The highest BCUT2D eigenvalue weighted by Gasteiger charge is 2.14. The van der Waals surface area contributed by atoms with Crippen molar-refractivity contribution in [1.82, 2.24) is 0 Å². The van der Waals surface area contributed by atoms with Gasteiger partial charge in [-0.3, -0.25) is 0 Å². The SMILES string of the molecule is CCCC(C)=CC(=O)OC(C)(C)C. The summed E-state index contributed by atoms with van der Waals surface area (Å²) in [6.07, 6.45) is 3.60. The molecule has 0 aromatic carbocycles. The van der Waals surface area contributed by atoms with Crippen molar-refractivity contribution < 1.29 is 9.53 Å². The number of hydrogen-bond donors (Lipinski definition) is 0. The van der Waals surface area contributed by atoms with Gasteiger partial charge in [-0.1, -0.05) is 18.9 Å². The standard InChI is InChI=1S/C11H20O2/c1-6-7-9(2)8-10(12)13-11(3,4)5/h8H,6-7H2,1-5H3. The number of esters is 1. The van der Waals surface area contributed by atoms with E-state index in [-0.39, 0.29) is 11.6 Å². The molecule has 0 aromatic heterocycles. The molecule has 0 heterocycles. The van der Waals surface area contributed by atoms with Gasteiger partial charge in [-0.25, -0.2) is 4.79 Å². The van der Waals surface area contributed by atoms with E-state index in [0.29, 0.717) is 0 Å². The lowest BCUT2D eigenvalue weighted by Crippen LogP contribution is -2.22. The molecule has 0 radical (unpaired) electrons. The predicted molar refractivity (Wildman–Crippen MR) is 54.5 cm³/mol. The van der Waals surface area contributed by atoms with Crippen molar-refractivity contribution in [3.63, 3.8) is 0 Å². The van der Waals surface area contributed by atoms with Gasteiger partial charge >= 0.3 is 5.97 Å². The van der Waals surface area contributed by atoms with Gasteiger partial charge in [0.2, 0.25) is 0 Å². The number of hydrogen-bond acceptors (Lipinski definition) is 2. The smallest absolute Gasteiger partial charge is 0.331 e. The molecule has 0 aliphatic carbocycles. The molecule has 0 saturated carbocycles. The Labute approximate surface area is 81.0 Å². The molecule has 0 aromatic rings. The fourth-order valence-corrected chi connectivity index (χ4v) is 0.999. The Morgan fingerprint density at radius 3 is 2.31 bits per heavy atom. The van der Waals surface area contributed by atoms with Crippen LogP contribution < -0.4 is 0 Å². The minimum Gasteiger partial charge on any atom is -0.457 e. The van der Waals surface area contributed by atoms with Crippen LogP contribution in [0.25, 0.3) is 0 Å². The van der Waals surface area contributed by atoms with Crippen molar-refractivity contribution in [3.8, 4) is 0 Å². The van der Waals surface area contributed by atoms with Crippen LogP contribution in [-0.2, 0) is 9.53 Å². The first-order valence-corrected chi connectivity index (χ1v) is 4.75. The zero-order chi connectivity index (χ0) is 10.5. The molecular formula is C11H20O2. The first-order chi connectivity index (χ1) is 5.85. The normalized spacial score (nSPS) is 12.8. The summed E-state index contributed by atoms with van der Waals surface area (Å²) in [5.41, 5.74) is 0.692. The van der Waals surface area contributed by atoms with Gasteiger partial charge in [0.1, 0.15) is 5.60 Å². The van der Waals surface area contributed by atoms with Crippen LogP contribution in [0.3, 0.4) is 0 Å². The van der Waals surface area contributed by atoms with E-state index in [1.165, 1.54) is 0 Å². The lowest BCUT2D eigenvalue weighted by molar-refractivity contribution is -0.148. The molecule has 0 fully saturated rings. The molecule has 0 amide bonds. The maximum Gasteiger partial charge on any atom is 0.331 e. The Balaban J connectivity index is 4.07. The van der Waals surface area contributed by atoms with Crippen LogP contribution >= 0.6 is 0 Å². The summed E-state index contributed by atoms with van der Waals surface area (Å²) in [7, 11) is 0. The van der Waals surface area contributed by atoms with Gasteiger partial charge in [0.25, 0.3) is 0 Å². The van der Waals surface area contributed by atoms with Gasteiger partial charge in [-0.15, -0.1) is 0 Å². The number of allylic oxidation sites excluding steroid dienone is 1. The molecule has 0 N–H and O–H groups in total. The van der Waals surface area contributed by atoms with Crippen LogP contribution in [0.5, 0.6) is 0 Å². The molecule has 2 heteroatoms. The van der Waals surface area contributed by atoms with E-state index in [0.717, 1.165) is 18.4 Å². The van der Waals surface area contributed by atoms with Crippen molar-refractivity contribution in [2.24, 2.45) is 0 Å². The Morgan fingerprint density at radius 2 is 1.92 bits per heavy atom. The average Bonchev–Trinajstić information content (AvgIpc) is 1.81. The quantitative estimate of drug-likeness (QED) is 0.497. The van der Waals surface area contributed by atoms with Crippen molar-refractivity contribution in [2.45, 2.75) is 53.1 Å². The van der Waals surface area contributed by atoms with Crippen LogP contribution in [0, 0.1) is 0 Å². The highest BCUT2D eigenvalue weighted by Crippen LogP contribution is 2.09. The highest BCUT2D eigenvalue weighted by molar-refractivity contribution is 5.83. The van der Waals surface area contributed by atoms with E-state index in [9.17, 15) is 4.79 Å². The fourth-order valence-electron chi connectivity index (χ4n) is 0.999. The fraction of sp³-hybridized carbons (Fsp3) is 0.727. The first-order valence-electron chi connectivity index (χ1n) is 4.75. The summed E-state index contributed by atoms with van der Waals surface area (Å²) < 4.78 is 5.14. The summed E-state index contributed by atoms with van der Waals surface area (Å²) in [5, 5.41) is 0. The third kappa shape index (κ3) is 7.57. The van der Waals surface area contributed by atoms with E-state index in [2.05, 4.69) is 6.92 Å².